The van der Waals surface area contributed by atoms with Gasteiger partial charge in [0.15, 0.2) is 11.6 Å². The number of phenols is 1. The Bertz CT molecular complexity index is 2020. The van der Waals surface area contributed by atoms with Gasteiger partial charge < -0.3 is 5.11 Å². The number of anilines is 1. The van der Waals surface area contributed by atoms with Crippen molar-refractivity contribution in [2.45, 2.75) is 38.0 Å². The van der Waals surface area contributed by atoms with Crippen molar-refractivity contribution < 1.29 is 50.6 Å². The lowest BCUT2D eigenvalue weighted by Gasteiger charge is -2.42. The summed E-state index contributed by atoms with van der Waals surface area (Å²) in [4.78, 5) is 55.3. The van der Waals surface area contributed by atoms with Gasteiger partial charge in [-0.05, 0) is 66.8 Å². The number of aromatic hydroxyl groups is 1. The molecule has 7 rings (SSSR count). The van der Waals surface area contributed by atoms with Crippen molar-refractivity contribution >= 4 is 39.8 Å². The van der Waals surface area contributed by atoms with Crippen molar-refractivity contribution in [3.63, 3.8) is 0 Å². The Morgan fingerprint density at radius 2 is 1.49 bits per heavy atom. The van der Waals surface area contributed by atoms with Gasteiger partial charge in [0.25, 0.3) is 0 Å². The Morgan fingerprint density at radius 3 is 2.15 bits per heavy atom. The minimum Gasteiger partial charge on any atom is -0.508 e. The second kappa shape index (κ2) is 10.2. The lowest BCUT2D eigenvalue weighted by atomic mass is 9.59. The highest BCUT2D eigenvalue weighted by molar-refractivity contribution is 6.25. The van der Waals surface area contributed by atoms with Crippen LogP contribution >= 0.6 is 0 Å². The fraction of sp³-hybridized carbons (Fsp3) is 0.257. The maximum Gasteiger partial charge on any atom is 0.416 e. The number of phenolic OH excluding ortho intramolecular Hbond substituents is 1. The third kappa shape index (κ3) is 4.63. The largest absolute Gasteiger partial charge is 0.508 e. The van der Waals surface area contributed by atoms with Crippen LogP contribution in [0, 0.1) is 17.8 Å². The summed E-state index contributed by atoms with van der Waals surface area (Å²) >= 11 is 0. The molecule has 3 aromatic carbocycles. The Balaban J connectivity index is 1.39. The highest BCUT2D eigenvalue weighted by atomic mass is 19.4. The first kappa shape index (κ1) is 30.6. The first-order valence-corrected chi connectivity index (χ1v) is 14.7. The third-order valence-corrected chi connectivity index (χ3v) is 9.63. The first-order chi connectivity index (χ1) is 22.1. The number of allylic oxidation sites excluding steroid dienone is 6. The van der Waals surface area contributed by atoms with Gasteiger partial charge in [-0.3, -0.25) is 19.2 Å². The van der Waals surface area contributed by atoms with Crippen molar-refractivity contribution in [3.8, 4) is 5.75 Å². The van der Waals surface area contributed by atoms with Gasteiger partial charge >= 0.3 is 12.4 Å². The van der Waals surface area contributed by atoms with E-state index in [4.69, 9.17) is 0 Å². The van der Waals surface area contributed by atoms with Crippen molar-refractivity contribution in [3.05, 3.63) is 106 Å². The highest BCUT2D eigenvalue weighted by Gasteiger charge is 2.57. The molecule has 1 N–H and O–H groups in total. The number of alkyl halides is 6. The Morgan fingerprint density at radius 1 is 0.830 bits per heavy atom. The van der Waals surface area contributed by atoms with E-state index in [1.54, 1.807) is 36.4 Å². The van der Waals surface area contributed by atoms with Crippen molar-refractivity contribution in [1.82, 2.24) is 0 Å². The van der Waals surface area contributed by atoms with E-state index in [2.05, 4.69) is 0 Å². The van der Waals surface area contributed by atoms with E-state index in [1.807, 2.05) is 0 Å². The summed E-state index contributed by atoms with van der Waals surface area (Å²) in [7, 11) is 0. The normalized spacial score (nSPS) is 24.7. The lowest BCUT2D eigenvalue weighted by molar-refractivity contribution is -0.143. The summed E-state index contributed by atoms with van der Waals surface area (Å²) in [6, 6.07) is 10.7. The molecule has 12 heteroatoms. The molecule has 0 saturated carbocycles. The number of Topliss-reactive ketones (excluding diaryl/α,β-unsaturated/α-hetero) is 1. The molecule has 1 heterocycles. The molecule has 0 spiro atoms. The Labute approximate surface area is 262 Å². The number of benzene rings is 3. The van der Waals surface area contributed by atoms with E-state index < -0.39 is 76.2 Å². The molecule has 6 nitrogen and oxygen atoms in total. The number of carbonyl (C=O) groups excluding carboxylic acids is 4. The smallest absolute Gasteiger partial charge is 0.416 e. The van der Waals surface area contributed by atoms with E-state index >= 15 is 0 Å². The van der Waals surface area contributed by atoms with Crippen LogP contribution in [0.25, 0.3) is 10.8 Å². The molecule has 3 aliphatic carbocycles. The van der Waals surface area contributed by atoms with Gasteiger partial charge in [0.2, 0.25) is 11.8 Å². The minimum atomic E-state index is -5.21. The second-order valence-corrected chi connectivity index (χ2v) is 12.2. The lowest BCUT2D eigenvalue weighted by Crippen LogP contribution is -2.40. The van der Waals surface area contributed by atoms with Gasteiger partial charge in [-0.2, -0.15) is 26.3 Å². The maximum absolute atomic E-state index is 14.1. The zero-order valence-electron chi connectivity index (χ0n) is 24.4. The number of nitrogens with zero attached hydrogens (tertiary/aromatic N) is 1. The number of fused-ring (bicyclic) bond motifs is 4. The summed E-state index contributed by atoms with van der Waals surface area (Å²) in [5.74, 6) is -7.42. The van der Waals surface area contributed by atoms with Crippen molar-refractivity contribution in [2.75, 3.05) is 4.90 Å². The minimum absolute atomic E-state index is 0.0814. The summed E-state index contributed by atoms with van der Waals surface area (Å²) < 4.78 is 82.1. The molecule has 47 heavy (non-hydrogen) atoms. The van der Waals surface area contributed by atoms with Crippen LogP contribution in [-0.2, 0) is 31.5 Å². The van der Waals surface area contributed by atoms with E-state index in [0.29, 0.717) is 38.9 Å². The Hall–Kier alpha value is -5.00. The van der Waals surface area contributed by atoms with E-state index in [0.717, 1.165) is 0 Å². The average molecular weight is 652 g/mol. The molecule has 240 valence electrons. The predicted molar refractivity (Wildman–Crippen MR) is 156 cm³/mol. The van der Waals surface area contributed by atoms with E-state index in [-0.39, 0.29) is 41.4 Å². The van der Waals surface area contributed by atoms with Gasteiger partial charge in [0, 0.05) is 28.2 Å². The van der Waals surface area contributed by atoms with Gasteiger partial charge in [0.05, 0.1) is 28.7 Å². The van der Waals surface area contributed by atoms with Crippen LogP contribution in [0.15, 0.2) is 89.0 Å². The Kier molecular flexibility index (Phi) is 6.68. The quantitative estimate of drug-likeness (QED) is 0.137. The van der Waals surface area contributed by atoms with E-state index in [9.17, 15) is 50.6 Å². The summed E-state index contributed by atoms with van der Waals surface area (Å²) in [6.45, 7) is 1.49. The molecule has 1 aliphatic heterocycles. The molecular formula is C35H23F6NO5. The third-order valence-electron chi connectivity index (χ3n) is 9.63. The molecule has 2 amide bonds. The van der Waals surface area contributed by atoms with Crippen LogP contribution in [0.1, 0.15) is 42.4 Å². The summed E-state index contributed by atoms with van der Waals surface area (Å²) in [5.41, 5.74) is -3.05. The van der Waals surface area contributed by atoms with E-state index in [1.165, 1.54) is 19.1 Å². The molecule has 1 fully saturated rings. The van der Waals surface area contributed by atoms with Crippen LogP contribution in [0.4, 0.5) is 32.0 Å². The zero-order chi connectivity index (χ0) is 33.7. The van der Waals surface area contributed by atoms with Gasteiger partial charge in [-0.25, -0.2) is 4.90 Å². The monoisotopic (exact) mass is 651 g/mol. The SMILES string of the molecule is CC1=CC(=O)C2=C(C1=O)[C@@H](c1c(O)ccc3ccccc13)C1=CC[C@@H]3C(=O)N(c4cc(C(F)(F)F)cc(C(F)(F)F)c4)C(=O)[C@@H]3[C@@H]1C2. The molecule has 0 unspecified atom stereocenters. The zero-order valence-corrected chi connectivity index (χ0v) is 24.4. The van der Waals surface area contributed by atoms with Crippen LogP contribution in [0.2, 0.25) is 0 Å². The number of amides is 2. The van der Waals surface area contributed by atoms with Crippen molar-refractivity contribution in [2.24, 2.45) is 17.8 Å². The van der Waals surface area contributed by atoms with Gasteiger partial charge in [-0.15, -0.1) is 0 Å². The fourth-order valence-electron chi connectivity index (χ4n) is 7.60. The number of rotatable bonds is 2. The molecule has 4 aliphatic rings. The van der Waals surface area contributed by atoms with Crippen LogP contribution in [0.3, 0.4) is 0 Å². The first-order valence-electron chi connectivity index (χ1n) is 14.7. The molecule has 4 atom stereocenters. The average Bonchev–Trinajstić information content (AvgIpc) is 3.27. The molecule has 3 aromatic rings. The van der Waals surface area contributed by atoms with Crippen LogP contribution < -0.4 is 4.90 Å². The van der Waals surface area contributed by atoms with Gasteiger partial charge in [-0.1, -0.05) is 42.0 Å². The number of hydrogen-bond donors (Lipinski definition) is 1. The van der Waals surface area contributed by atoms with Gasteiger partial charge in [0.1, 0.15) is 5.75 Å². The van der Waals surface area contributed by atoms with Crippen LogP contribution in [-0.4, -0.2) is 28.5 Å². The molecule has 1 saturated heterocycles. The number of hydrogen-bond acceptors (Lipinski definition) is 5. The topological polar surface area (TPSA) is 91.8 Å². The molecule has 0 radical (unpaired) electrons. The summed E-state index contributed by atoms with van der Waals surface area (Å²) in [6.07, 6.45) is -7.86. The van der Waals surface area contributed by atoms with Crippen LogP contribution in [0.5, 0.6) is 5.75 Å². The second-order valence-electron chi connectivity index (χ2n) is 12.2. The predicted octanol–water partition coefficient (Wildman–Crippen LogP) is 7.22. The molecule has 0 bridgehead atoms. The maximum atomic E-state index is 14.1. The number of ketones is 2. The number of halogens is 6. The van der Waals surface area contributed by atoms with Crippen molar-refractivity contribution in [1.29, 1.82) is 0 Å². The molecular weight excluding hydrogens is 628 g/mol. The molecule has 0 aromatic heterocycles. The summed E-state index contributed by atoms with van der Waals surface area (Å²) in [5, 5.41) is 12.5. The number of imide groups is 1. The number of carbonyl (C=O) groups is 4. The standard InChI is InChI=1S/C35H23F6NO5/c1-15-10-26(44)24-14-23-21(29(30(24)31(15)45)28-20-5-3-2-4-16(20)6-9-25(28)43)7-8-22-27(23)33(47)42(32(22)46)19-12-17(34(36,37)38)11-18(13-19)35(39,40)41/h2-7,9-13,22-23,27,29,43H,8,14H2,1H3/t22-,23+,27-,29+/m0/s1. The highest BCUT2D eigenvalue weighted by Crippen LogP contribution is 2.57. The fourth-order valence-corrected chi connectivity index (χ4v) is 7.60.